The third kappa shape index (κ3) is 3.37. The molecule has 7 heteroatoms. The molecule has 2 aromatic heterocycles. The van der Waals surface area contributed by atoms with Gasteiger partial charge in [0.25, 0.3) is 7.29 Å². The van der Waals surface area contributed by atoms with Crippen LogP contribution in [0.25, 0.3) is 0 Å². The molecule has 0 unspecified atom stereocenters. The minimum atomic E-state index is -3.11. The van der Waals surface area contributed by atoms with Crippen LogP contribution >= 0.6 is 30.2 Å². The van der Waals surface area contributed by atoms with E-state index >= 15 is 0 Å². The molecule has 0 radical (unpaired) electrons. The van der Waals surface area contributed by atoms with Gasteiger partial charge >= 0.3 is 0 Å². The first-order valence-corrected chi connectivity index (χ1v) is 11.1. The molecule has 1 aromatic carbocycles. The van der Waals surface area contributed by atoms with Gasteiger partial charge in [-0.15, -0.1) is 11.3 Å². The van der Waals surface area contributed by atoms with Gasteiger partial charge < -0.3 is 5.09 Å². The predicted molar refractivity (Wildman–Crippen MR) is 105 cm³/mol. The van der Waals surface area contributed by atoms with E-state index in [0.29, 0.717) is 15.6 Å². The average Bonchev–Trinajstić information content (AvgIpc) is 3.09. The van der Waals surface area contributed by atoms with Crippen LogP contribution in [0.4, 0.5) is 5.82 Å². The number of rotatable bonds is 4. The molecule has 4 rings (SSSR count). The zero-order chi connectivity index (χ0) is 17.3. The van der Waals surface area contributed by atoms with Gasteiger partial charge in [0, 0.05) is 16.4 Å². The van der Waals surface area contributed by atoms with Gasteiger partial charge in [-0.05, 0) is 49.9 Å². The Morgan fingerprint density at radius 3 is 2.60 bits per heavy atom. The molecule has 4 nitrogen and oxygen atoms in total. The average molecular weight is 390 g/mol. The number of nitrogens with zero attached hydrogens (tertiary/aromatic N) is 2. The van der Waals surface area contributed by atoms with Crippen LogP contribution in [-0.4, -0.2) is 9.97 Å². The molecule has 25 heavy (non-hydrogen) atoms. The van der Waals surface area contributed by atoms with Crippen molar-refractivity contribution in [3.63, 3.8) is 0 Å². The number of hydrogen-bond donors (Lipinski definition) is 1. The summed E-state index contributed by atoms with van der Waals surface area (Å²) in [5.74, 6) is 0.532. The number of thiazole rings is 1. The molecular formula is C18H17ClN3OPS. The standard InChI is InChI=1S/C18H17ClN3OPS/c19-13-10-11-17(20-12-13)22-24(23,14-6-2-1-3-7-14)18-21-15-8-4-5-9-16(15)25-18/h1-3,6-7,10-12H,4-5,8-9H2,(H,20,22,23)/t24-/m1/s1. The Morgan fingerprint density at radius 2 is 1.88 bits per heavy atom. The Labute approximate surface area is 155 Å². The third-order valence-electron chi connectivity index (χ3n) is 4.22. The smallest absolute Gasteiger partial charge is 0.255 e. The van der Waals surface area contributed by atoms with Gasteiger partial charge in [0.1, 0.15) is 5.82 Å². The molecule has 1 N–H and O–H groups in total. The maximum atomic E-state index is 14.1. The maximum absolute atomic E-state index is 14.1. The number of halogens is 1. The summed E-state index contributed by atoms with van der Waals surface area (Å²) in [5.41, 5.74) is 1.10. The molecule has 1 aliphatic rings. The summed E-state index contributed by atoms with van der Waals surface area (Å²) in [6.07, 6.45) is 5.88. The first-order chi connectivity index (χ1) is 12.1. The zero-order valence-electron chi connectivity index (χ0n) is 13.5. The molecule has 0 aliphatic heterocycles. The molecule has 1 atom stereocenters. The van der Waals surface area contributed by atoms with Crippen molar-refractivity contribution in [3.8, 4) is 0 Å². The SMILES string of the molecule is O=[P@](Nc1ccc(Cl)cn1)(c1ccccc1)c1nc2c(s1)CCCC2. The summed E-state index contributed by atoms with van der Waals surface area (Å²) in [6.45, 7) is 0. The van der Waals surface area contributed by atoms with E-state index in [1.807, 2.05) is 30.3 Å². The van der Waals surface area contributed by atoms with Crippen molar-refractivity contribution >= 4 is 46.1 Å². The molecule has 128 valence electrons. The van der Waals surface area contributed by atoms with Crippen molar-refractivity contribution in [1.29, 1.82) is 0 Å². The molecule has 0 saturated heterocycles. The Bertz CT molecular complexity index is 904. The van der Waals surface area contributed by atoms with Crippen LogP contribution in [0.2, 0.25) is 5.02 Å². The zero-order valence-corrected chi connectivity index (χ0v) is 16.0. The fourth-order valence-electron chi connectivity index (χ4n) is 2.94. The first-order valence-electron chi connectivity index (χ1n) is 8.20. The van der Waals surface area contributed by atoms with Crippen molar-refractivity contribution in [2.45, 2.75) is 25.7 Å². The van der Waals surface area contributed by atoms with Crippen LogP contribution < -0.4 is 15.1 Å². The van der Waals surface area contributed by atoms with Gasteiger partial charge in [-0.3, -0.25) is 4.57 Å². The maximum Gasteiger partial charge on any atom is 0.255 e. The van der Waals surface area contributed by atoms with E-state index < -0.39 is 7.29 Å². The molecular weight excluding hydrogens is 373 g/mol. The van der Waals surface area contributed by atoms with Gasteiger partial charge in [-0.1, -0.05) is 29.8 Å². The topological polar surface area (TPSA) is 54.9 Å². The Kier molecular flexibility index (Phi) is 4.63. The lowest BCUT2D eigenvalue weighted by molar-refractivity contribution is 0.589. The minimum Gasteiger partial charge on any atom is -0.312 e. The summed E-state index contributed by atoms with van der Waals surface area (Å²) in [7, 11) is -3.11. The van der Waals surface area contributed by atoms with Crippen molar-refractivity contribution in [2.24, 2.45) is 0 Å². The summed E-state index contributed by atoms with van der Waals surface area (Å²) in [4.78, 5) is 10.3. The summed E-state index contributed by atoms with van der Waals surface area (Å²) < 4.78 is 14.7. The number of aryl methyl sites for hydroxylation is 2. The van der Waals surface area contributed by atoms with E-state index in [2.05, 4.69) is 10.1 Å². The van der Waals surface area contributed by atoms with Gasteiger partial charge in [0.2, 0.25) is 0 Å². The van der Waals surface area contributed by atoms with Crippen LogP contribution in [0.15, 0.2) is 48.7 Å². The molecule has 0 fully saturated rings. The number of fused-ring (bicyclic) bond motifs is 1. The summed E-state index contributed by atoms with van der Waals surface area (Å²) >= 11 is 7.48. The van der Waals surface area contributed by atoms with Crippen molar-refractivity contribution < 1.29 is 4.57 Å². The Balaban J connectivity index is 1.80. The van der Waals surface area contributed by atoms with Crippen LogP contribution in [-0.2, 0) is 17.4 Å². The molecule has 2 heterocycles. The van der Waals surface area contributed by atoms with Crippen molar-refractivity contribution in [3.05, 3.63) is 64.3 Å². The third-order valence-corrected chi connectivity index (χ3v) is 8.66. The number of hydrogen-bond acceptors (Lipinski definition) is 4. The number of aromatic nitrogens is 2. The molecule has 1 aliphatic carbocycles. The number of nitrogens with one attached hydrogen (secondary N) is 1. The minimum absolute atomic E-state index is 0.532. The highest BCUT2D eigenvalue weighted by molar-refractivity contribution is 7.84. The molecule has 3 aromatic rings. The Hall–Kier alpha value is -1.68. The fourth-order valence-corrected chi connectivity index (χ4v) is 6.99. The molecule has 0 saturated carbocycles. The quantitative estimate of drug-likeness (QED) is 0.671. The first kappa shape index (κ1) is 16.8. The van der Waals surface area contributed by atoms with E-state index in [1.54, 1.807) is 29.7 Å². The van der Waals surface area contributed by atoms with E-state index in [9.17, 15) is 4.57 Å². The number of pyridine rings is 1. The molecule has 0 amide bonds. The lowest BCUT2D eigenvalue weighted by Gasteiger charge is -2.18. The predicted octanol–water partition coefficient (Wildman–Crippen LogP) is 4.41. The highest BCUT2D eigenvalue weighted by Crippen LogP contribution is 2.45. The molecule has 0 spiro atoms. The van der Waals surface area contributed by atoms with Gasteiger partial charge in [0.15, 0.2) is 4.75 Å². The Morgan fingerprint density at radius 1 is 1.08 bits per heavy atom. The van der Waals surface area contributed by atoms with E-state index in [-0.39, 0.29) is 0 Å². The lowest BCUT2D eigenvalue weighted by Crippen LogP contribution is -2.22. The second kappa shape index (κ2) is 6.91. The van der Waals surface area contributed by atoms with Crippen LogP contribution in [0.5, 0.6) is 0 Å². The molecule has 0 bridgehead atoms. The van der Waals surface area contributed by atoms with E-state index in [0.717, 1.165) is 30.3 Å². The second-order valence-electron chi connectivity index (χ2n) is 5.99. The monoisotopic (exact) mass is 389 g/mol. The van der Waals surface area contributed by atoms with E-state index in [1.165, 1.54) is 11.3 Å². The van der Waals surface area contributed by atoms with Crippen LogP contribution in [0, 0.1) is 0 Å². The van der Waals surface area contributed by atoms with Gasteiger partial charge in [0.05, 0.1) is 10.7 Å². The van der Waals surface area contributed by atoms with Crippen molar-refractivity contribution in [1.82, 2.24) is 9.97 Å². The normalized spacial score (nSPS) is 16.0. The van der Waals surface area contributed by atoms with Crippen molar-refractivity contribution in [2.75, 3.05) is 5.09 Å². The number of anilines is 1. The van der Waals surface area contributed by atoms with Gasteiger partial charge in [-0.25, -0.2) is 9.97 Å². The number of benzene rings is 1. The lowest BCUT2D eigenvalue weighted by atomic mass is 10.0. The van der Waals surface area contributed by atoms with Crippen LogP contribution in [0.3, 0.4) is 0 Å². The fraction of sp³-hybridized carbons (Fsp3) is 0.222. The second-order valence-corrected chi connectivity index (χ2v) is 10.2. The highest BCUT2D eigenvalue weighted by Gasteiger charge is 2.33. The van der Waals surface area contributed by atoms with Gasteiger partial charge in [-0.2, -0.15) is 0 Å². The highest BCUT2D eigenvalue weighted by atomic mass is 35.5. The largest absolute Gasteiger partial charge is 0.312 e. The van der Waals surface area contributed by atoms with Crippen LogP contribution in [0.1, 0.15) is 23.4 Å². The van der Waals surface area contributed by atoms with E-state index in [4.69, 9.17) is 16.6 Å². The summed E-state index contributed by atoms with van der Waals surface area (Å²) in [5, 5.41) is 4.44. The summed E-state index contributed by atoms with van der Waals surface area (Å²) in [6, 6.07) is 12.9.